The second kappa shape index (κ2) is 10.0. The molecular formula is C25H20ClF4N7O. The molecular weight excluding hydrogens is 526 g/mol. The number of amides is 1. The number of aromatic nitrogens is 4. The molecule has 2 N–H and O–H groups in total. The third kappa shape index (κ3) is 5.30. The van der Waals surface area contributed by atoms with Crippen molar-refractivity contribution in [3.63, 3.8) is 0 Å². The fourth-order valence-corrected chi connectivity index (χ4v) is 4.26. The van der Waals surface area contributed by atoms with Crippen LogP contribution < -0.4 is 15.5 Å². The smallest absolute Gasteiger partial charge is 0.338 e. The summed E-state index contributed by atoms with van der Waals surface area (Å²) < 4.78 is 53.3. The van der Waals surface area contributed by atoms with Crippen LogP contribution in [0.1, 0.15) is 27.9 Å². The number of carbonyl (C=O) groups is 1. The number of halogens is 5. The molecule has 0 spiro atoms. The van der Waals surface area contributed by atoms with E-state index in [4.69, 9.17) is 11.6 Å². The van der Waals surface area contributed by atoms with Gasteiger partial charge >= 0.3 is 6.18 Å². The normalized spacial score (nSPS) is 15.6. The van der Waals surface area contributed by atoms with Crippen LogP contribution in [-0.2, 0) is 6.18 Å². The van der Waals surface area contributed by atoms with Gasteiger partial charge in [0, 0.05) is 23.5 Å². The summed E-state index contributed by atoms with van der Waals surface area (Å²) in [7, 11) is 0. The van der Waals surface area contributed by atoms with Crippen LogP contribution in [0, 0.1) is 6.92 Å². The first-order chi connectivity index (χ1) is 18.1. The van der Waals surface area contributed by atoms with Crippen molar-refractivity contribution in [1.29, 1.82) is 0 Å². The van der Waals surface area contributed by atoms with Crippen LogP contribution in [0.5, 0.6) is 0 Å². The van der Waals surface area contributed by atoms with Crippen molar-refractivity contribution >= 4 is 51.7 Å². The second-order valence-corrected chi connectivity index (χ2v) is 9.17. The summed E-state index contributed by atoms with van der Waals surface area (Å²) in [5.41, 5.74) is 1.28. The minimum atomic E-state index is -4.66. The molecule has 0 saturated carbocycles. The Labute approximate surface area is 219 Å². The molecule has 1 saturated heterocycles. The number of anilines is 4. The zero-order chi connectivity index (χ0) is 27.0. The van der Waals surface area contributed by atoms with Gasteiger partial charge in [-0.1, -0.05) is 17.7 Å². The molecule has 0 bridgehead atoms. The first-order valence-corrected chi connectivity index (χ1v) is 11.9. The zero-order valence-electron chi connectivity index (χ0n) is 19.9. The van der Waals surface area contributed by atoms with E-state index >= 15 is 0 Å². The Bertz CT molecular complexity index is 1530. The van der Waals surface area contributed by atoms with Crippen LogP contribution >= 0.6 is 11.6 Å². The Morgan fingerprint density at radius 2 is 1.95 bits per heavy atom. The first-order valence-electron chi connectivity index (χ1n) is 11.5. The maximum atomic E-state index is 13.7. The van der Waals surface area contributed by atoms with Crippen LogP contribution in [0.2, 0.25) is 5.02 Å². The average Bonchev–Trinajstić information content (AvgIpc) is 3.32. The highest BCUT2D eigenvalue weighted by atomic mass is 35.5. The number of hydrogen-bond donors (Lipinski definition) is 2. The van der Waals surface area contributed by atoms with Crippen molar-refractivity contribution in [3.8, 4) is 0 Å². The lowest BCUT2D eigenvalue weighted by Gasteiger charge is -2.16. The number of carbonyl (C=O) groups excluding carboxylic acids is 1. The molecule has 2 aromatic carbocycles. The van der Waals surface area contributed by atoms with Gasteiger partial charge in [-0.3, -0.25) is 4.79 Å². The van der Waals surface area contributed by atoms with Crippen molar-refractivity contribution in [3.05, 3.63) is 70.6 Å². The summed E-state index contributed by atoms with van der Waals surface area (Å²) in [5.74, 6) is 0.0971. The zero-order valence-corrected chi connectivity index (χ0v) is 20.6. The molecule has 196 valence electrons. The van der Waals surface area contributed by atoms with Gasteiger partial charge < -0.3 is 15.5 Å². The highest BCUT2D eigenvalue weighted by Crippen LogP contribution is 2.36. The van der Waals surface area contributed by atoms with Crippen LogP contribution in [0.15, 0.2) is 48.9 Å². The topological polar surface area (TPSA) is 95.9 Å². The minimum Gasteiger partial charge on any atom is -0.338 e. The number of alkyl halides is 4. The van der Waals surface area contributed by atoms with Crippen molar-refractivity contribution in [2.75, 3.05) is 28.6 Å². The average molecular weight is 546 g/mol. The van der Waals surface area contributed by atoms with E-state index in [2.05, 4.69) is 30.6 Å². The van der Waals surface area contributed by atoms with Gasteiger partial charge in [-0.2, -0.15) is 13.2 Å². The standard InChI is InChI=1S/C25H20ClF4N7O/c1-13-2-3-14(23(38)34-16-4-5-18(26)17(9-16)25(28,29)30)8-19(13)35-22-21-20(32-12-33-22)10-31-24(36-21)37-7-6-15(27)11-37/h2-5,8-10,12,15H,6-7,11H2,1H3,(H,34,38)(H,32,33,35)/t15-/m0/s1. The van der Waals surface area contributed by atoms with Crippen molar-refractivity contribution in [2.24, 2.45) is 0 Å². The summed E-state index contributed by atoms with van der Waals surface area (Å²) in [4.78, 5) is 31.9. The van der Waals surface area contributed by atoms with Crippen LogP contribution in [0.25, 0.3) is 11.0 Å². The Balaban J connectivity index is 1.41. The summed E-state index contributed by atoms with van der Waals surface area (Å²) >= 11 is 5.66. The quantitative estimate of drug-likeness (QED) is 0.299. The molecule has 1 amide bonds. The van der Waals surface area contributed by atoms with Crippen LogP contribution in [-0.4, -0.2) is 45.1 Å². The fraction of sp³-hybridized carbons (Fsp3) is 0.240. The lowest BCUT2D eigenvalue weighted by atomic mass is 10.1. The molecule has 0 aliphatic carbocycles. The lowest BCUT2D eigenvalue weighted by Crippen LogP contribution is -2.22. The molecule has 1 aliphatic rings. The predicted octanol–water partition coefficient (Wildman–Crippen LogP) is 5.94. The third-order valence-electron chi connectivity index (χ3n) is 6.06. The third-order valence-corrected chi connectivity index (χ3v) is 6.39. The molecule has 1 atom stereocenters. The van der Waals surface area contributed by atoms with Gasteiger partial charge in [0.25, 0.3) is 5.91 Å². The molecule has 5 rings (SSSR count). The largest absolute Gasteiger partial charge is 0.417 e. The van der Waals surface area contributed by atoms with E-state index in [0.29, 0.717) is 41.5 Å². The maximum absolute atomic E-state index is 13.7. The predicted molar refractivity (Wildman–Crippen MR) is 136 cm³/mol. The Morgan fingerprint density at radius 3 is 2.68 bits per heavy atom. The lowest BCUT2D eigenvalue weighted by molar-refractivity contribution is -0.137. The van der Waals surface area contributed by atoms with Crippen LogP contribution in [0.3, 0.4) is 0 Å². The molecule has 1 aliphatic heterocycles. The molecule has 8 nitrogen and oxygen atoms in total. The second-order valence-electron chi connectivity index (χ2n) is 8.76. The van der Waals surface area contributed by atoms with Gasteiger partial charge in [-0.15, -0.1) is 0 Å². The Kier molecular flexibility index (Phi) is 6.74. The van der Waals surface area contributed by atoms with E-state index < -0.39 is 28.8 Å². The number of rotatable bonds is 5. The van der Waals surface area contributed by atoms with Crippen molar-refractivity contribution < 1.29 is 22.4 Å². The van der Waals surface area contributed by atoms with E-state index in [0.717, 1.165) is 17.7 Å². The number of nitrogens with one attached hydrogen (secondary N) is 2. The number of aryl methyl sites for hydroxylation is 1. The SMILES string of the molecule is Cc1ccc(C(=O)Nc2ccc(Cl)c(C(F)(F)F)c2)cc1Nc1ncnc2cnc(N3CC[C@H](F)C3)nc12. The minimum absolute atomic E-state index is 0.0507. The number of hydrogen-bond acceptors (Lipinski definition) is 7. The highest BCUT2D eigenvalue weighted by molar-refractivity contribution is 6.31. The molecule has 0 radical (unpaired) electrons. The molecule has 0 unspecified atom stereocenters. The van der Waals surface area contributed by atoms with Crippen molar-refractivity contribution in [1.82, 2.24) is 19.9 Å². The van der Waals surface area contributed by atoms with Gasteiger partial charge in [0.2, 0.25) is 5.95 Å². The molecule has 1 fully saturated rings. The summed E-state index contributed by atoms with van der Waals surface area (Å²) in [5, 5.41) is 5.17. The molecule has 3 heterocycles. The Morgan fingerprint density at radius 1 is 1.13 bits per heavy atom. The number of nitrogens with zero attached hydrogens (tertiary/aromatic N) is 5. The van der Waals surface area contributed by atoms with E-state index in [1.165, 1.54) is 18.6 Å². The molecule has 2 aromatic heterocycles. The highest BCUT2D eigenvalue weighted by Gasteiger charge is 2.33. The van der Waals surface area contributed by atoms with E-state index in [1.54, 1.807) is 23.1 Å². The van der Waals surface area contributed by atoms with Crippen LogP contribution in [0.4, 0.5) is 40.7 Å². The van der Waals surface area contributed by atoms with E-state index in [9.17, 15) is 22.4 Å². The number of fused-ring (bicyclic) bond motifs is 1. The monoisotopic (exact) mass is 545 g/mol. The maximum Gasteiger partial charge on any atom is 0.417 e. The van der Waals surface area contributed by atoms with Gasteiger partial charge in [0.05, 0.1) is 23.3 Å². The van der Waals surface area contributed by atoms with Gasteiger partial charge in [-0.05, 0) is 49.2 Å². The fourth-order valence-electron chi connectivity index (χ4n) is 4.04. The van der Waals surface area contributed by atoms with E-state index in [1.807, 2.05) is 6.92 Å². The first kappa shape index (κ1) is 25.6. The van der Waals surface area contributed by atoms with Gasteiger partial charge in [-0.25, -0.2) is 24.3 Å². The molecule has 13 heteroatoms. The Hall–Kier alpha value is -4.06. The van der Waals surface area contributed by atoms with Gasteiger partial charge in [0.15, 0.2) is 5.82 Å². The summed E-state index contributed by atoms with van der Waals surface area (Å²) in [6.45, 7) is 2.52. The molecule has 38 heavy (non-hydrogen) atoms. The molecule has 4 aromatic rings. The summed E-state index contributed by atoms with van der Waals surface area (Å²) in [6.07, 6.45) is -2.33. The van der Waals surface area contributed by atoms with E-state index in [-0.39, 0.29) is 17.8 Å². The summed E-state index contributed by atoms with van der Waals surface area (Å²) in [6, 6.07) is 7.94. The van der Waals surface area contributed by atoms with Crippen molar-refractivity contribution in [2.45, 2.75) is 25.7 Å². The van der Waals surface area contributed by atoms with Gasteiger partial charge in [0.1, 0.15) is 23.5 Å². The number of benzene rings is 2.